The molecule has 2 aromatic rings. The van der Waals surface area contributed by atoms with Crippen LogP contribution in [0.25, 0.3) is 0 Å². The zero-order valence-corrected chi connectivity index (χ0v) is 18.1. The third kappa shape index (κ3) is 5.92. The standard InChI is InChI=1S/C21H32N6S/c1-4-22-21(25-15-19-16(2)26-17(3)28-19)24-14-18-9-10-20(23-13-18)27-11-7-5-6-8-12-27/h9-10,13H,4-8,11-12,14-15H2,1-3H3,(H2,22,24,25). The number of anilines is 1. The molecule has 2 N–H and O–H groups in total. The Balaban J connectivity index is 1.58. The SMILES string of the molecule is CCNC(=NCc1ccc(N2CCCCCC2)nc1)NCc1sc(C)nc1C. The van der Waals surface area contributed by atoms with Gasteiger partial charge in [0.2, 0.25) is 0 Å². The number of nitrogens with one attached hydrogen (secondary N) is 2. The number of hydrogen-bond donors (Lipinski definition) is 2. The van der Waals surface area contributed by atoms with Crippen molar-refractivity contribution in [3.8, 4) is 0 Å². The quantitative estimate of drug-likeness (QED) is 0.570. The minimum atomic E-state index is 0.614. The second-order valence-electron chi connectivity index (χ2n) is 7.22. The molecule has 1 saturated heterocycles. The summed E-state index contributed by atoms with van der Waals surface area (Å²) in [5.74, 6) is 1.92. The third-order valence-electron chi connectivity index (χ3n) is 4.92. The van der Waals surface area contributed by atoms with Crippen molar-refractivity contribution in [2.75, 3.05) is 24.5 Å². The molecular formula is C21H32N6S. The van der Waals surface area contributed by atoms with E-state index in [1.54, 1.807) is 11.3 Å². The topological polar surface area (TPSA) is 65.4 Å². The van der Waals surface area contributed by atoms with Crippen LogP contribution in [0, 0.1) is 13.8 Å². The van der Waals surface area contributed by atoms with E-state index in [1.807, 2.05) is 13.1 Å². The van der Waals surface area contributed by atoms with Crippen LogP contribution in [-0.4, -0.2) is 35.6 Å². The van der Waals surface area contributed by atoms with Crippen LogP contribution in [0.2, 0.25) is 0 Å². The molecule has 0 saturated carbocycles. The van der Waals surface area contributed by atoms with Crippen LogP contribution >= 0.6 is 11.3 Å². The summed E-state index contributed by atoms with van der Waals surface area (Å²) in [6.45, 7) is 10.6. The monoisotopic (exact) mass is 400 g/mol. The molecule has 1 fully saturated rings. The Morgan fingerprint density at radius 2 is 1.93 bits per heavy atom. The lowest BCUT2D eigenvalue weighted by Crippen LogP contribution is -2.36. The molecule has 0 radical (unpaired) electrons. The van der Waals surface area contributed by atoms with Crippen molar-refractivity contribution in [3.05, 3.63) is 39.5 Å². The molecule has 0 bridgehead atoms. The van der Waals surface area contributed by atoms with Crippen molar-refractivity contribution < 1.29 is 0 Å². The average molecular weight is 401 g/mol. The predicted molar refractivity (Wildman–Crippen MR) is 118 cm³/mol. The minimum absolute atomic E-state index is 0.614. The average Bonchev–Trinajstić information content (AvgIpc) is 2.89. The molecule has 1 aliphatic heterocycles. The van der Waals surface area contributed by atoms with Crippen LogP contribution in [0.1, 0.15) is 53.7 Å². The normalized spacial score (nSPS) is 15.4. The Hall–Kier alpha value is -2.15. The van der Waals surface area contributed by atoms with E-state index in [2.05, 4.69) is 51.5 Å². The number of pyridine rings is 1. The van der Waals surface area contributed by atoms with Crippen molar-refractivity contribution in [1.29, 1.82) is 0 Å². The van der Waals surface area contributed by atoms with E-state index in [9.17, 15) is 0 Å². The largest absolute Gasteiger partial charge is 0.357 e. The van der Waals surface area contributed by atoms with Crippen molar-refractivity contribution in [3.63, 3.8) is 0 Å². The number of aliphatic imine (C=N–C) groups is 1. The fourth-order valence-corrected chi connectivity index (χ4v) is 4.29. The highest BCUT2D eigenvalue weighted by atomic mass is 32.1. The molecule has 0 amide bonds. The number of aromatic nitrogens is 2. The van der Waals surface area contributed by atoms with E-state index >= 15 is 0 Å². The van der Waals surface area contributed by atoms with E-state index in [0.29, 0.717) is 6.54 Å². The fourth-order valence-electron chi connectivity index (χ4n) is 3.41. The van der Waals surface area contributed by atoms with E-state index in [-0.39, 0.29) is 0 Å². The lowest BCUT2D eigenvalue weighted by molar-refractivity contribution is 0.726. The third-order valence-corrected chi connectivity index (χ3v) is 5.99. The number of hydrogen-bond acceptors (Lipinski definition) is 5. The molecule has 0 unspecified atom stereocenters. The van der Waals surface area contributed by atoms with Gasteiger partial charge in [0.05, 0.1) is 23.8 Å². The summed E-state index contributed by atoms with van der Waals surface area (Å²) in [6, 6.07) is 4.29. The molecule has 3 rings (SSSR count). The number of guanidine groups is 1. The summed E-state index contributed by atoms with van der Waals surface area (Å²) in [7, 11) is 0. The first-order valence-electron chi connectivity index (χ1n) is 10.3. The first kappa shape index (κ1) is 20.6. The maximum Gasteiger partial charge on any atom is 0.191 e. The smallest absolute Gasteiger partial charge is 0.191 e. The molecule has 0 atom stereocenters. The Morgan fingerprint density at radius 1 is 1.14 bits per heavy atom. The number of rotatable bonds is 6. The summed E-state index contributed by atoms with van der Waals surface area (Å²) in [4.78, 5) is 17.6. The van der Waals surface area contributed by atoms with Crippen LogP contribution < -0.4 is 15.5 Å². The van der Waals surface area contributed by atoms with E-state index in [4.69, 9.17) is 4.99 Å². The van der Waals surface area contributed by atoms with Crippen molar-refractivity contribution in [2.24, 2.45) is 4.99 Å². The lowest BCUT2D eigenvalue weighted by Gasteiger charge is -2.21. The van der Waals surface area contributed by atoms with Gasteiger partial charge < -0.3 is 15.5 Å². The second kappa shape index (κ2) is 10.4. The van der Waals surface area contributed by atoms with Gasteiger partial charge in [-0.25, -0.2) is 15.0 Å². The summed E-state index contributed by atoms with van der Waals surface area (Å²) >= 11 is 1.73. The molecule has 0 aromatic carbocycles. The highest BCUT2D eigenvalue weighted by molar-refractivity contribution is 7.11. The van der Waals surface area contributed by atoms with Crippen LogP contribution in [0.15, 0.2) is 23.3 Å². The summed E-state index contributed by atoms with van der Waals surface area (Å²) < 4.78 is 0. The Labute approximate surface area is 172 Å². The van der Waals surface area contributed by atoms with Gasteiger partial charge >= 0.3 is 0 Å². The van der Waals surface area contributed by atoms with E-state index < -0.39 is 0 Å². The summed E-state index contributed by atoms with van der Waals surface area (Å²) in [5, 5.41) is 7.83. The van der Waals surface area contributed by atoms with Gasteiger partial charge in [0, 0.05) is 30.7 Å². The fraction of sp³-hybridized carbons (Fsp3) is 0.571. The van der Waals surface area contributed by atoms with Crippen molar-refractivity contribution in [1.82, 2.24) is 20.6 Å². The van der Waals surface area contributed by atoms with Crippen molar-refractivity contribution >= 4 is 23.1 Å². The van der Waals surface area contributed by atoms with Gasteiger partial charge in [-0.1, -0.05) is 18.9 Å². The lowest BCUT2D eigenvalue weighted by atomic mass is 10.2. The first-order valence-corrected chi connectivity index (χ1v) is 11.1. The molecular weight excluding hydrogens is 368 g/mol. The van der Waals surface area contributed by atoms with E-state index in [0.717, 1.165) is 54.2 Å². The van der Waals surface area contributed by atoms with Gasteiger partial charge in [0.15, 0.2) is 5.96 Å². The van der Waals surface area contributed by atoms with Crippen LogP contribution in [0.5, 0.6) is 0 Å². The minimum Gasteiger partial charge on any atom is -0.357 e. The molecule has 0 aliphatic carbocycles. The number of aryl methyl sites for hydroxylation is 2. The van der Waals surface area contributed by atoms with Gasteiger partial charge in [-0.2, -0.15) is 0 Å². The molecule has 152 valence electrons. The Kier molecular flexibility index (Phi) is 7.65. The molecule has 2 aromatic heterocycles. The van der Waals surface area contributed by atoms with Gasteiger partial charge in [-0.05, 0) is 45.2 Å². The van der Waals surface area contributed by atoms with Crippen LogP contribution in [0.3, 0.4) is 0 Å². The molecule has 28 heavy (non-hydrogen) atoms. The van der Waals surface area contributed by atoms with E-state index in [1.165, 1.54) is 30.6 Å². The van der Waals surface area contributed by atoms with Gasteiger partial charge in [-0.3, -0.25) is 0 Å². The second-order valence-corrected chi connectivity index (χ2v) is 8.50. The molecule has 1 aliphatic rings. The summed E-state index contributed by atoms with van der Waals surface area (Å²) in [6.07, 6.45) is 7.17. The van der Waals surface area contributed by atoms with Crippen LogP contribution in [-0.2, 0) is 13.1 Å². The zero-order chi connectivity index (χ0) is 19.8. The maximum absolute atomic E-state index is 4.72. The zero-order valence-electron chi connectivity index (χ0n) is 17.3. The highest BCUT2D eigenvalue weighted by Gasteiger charge is 2.11. The Morgan fingerprint density at radius 3 is 2.54 bits per heavy atom. The van der Waals surface area contributed by atoms with Crippen LogP contribution in [0.4, 0.5) is 5.82 Å². The number of thiazole rings is 1. The van der Waals surface area contributed by atoms with Gasteiger partial charge in [0.25, 0.3) is 0 Å². The van der Waals surface area contributed by atoms with Gasteiger partial charge in [-0.15, -0.1) is 11.3 Å². The molecule has 6 nitrogen and oxygen atoms in total. The van der Waals surface area contributed by atoms with Crippen molar-refractivity contribution in [2.45, 2.75) is 59.5 Å². The number of nitrogens with zero attached hydrogens (tertiary/aromatic N) is 4. The first-order chi connectivity index (χ1) is 13.7. The maximum atomic E-state index is 4.72. The highest BCUT2D eigenvalue weighted by Crippen LogP contribution is 2.18. The molecule has 3 heterocycles. The molecule has 0 spiro atoms. The van der Waals surface area contributed by atoms with Gasteiger partial charge in [0.1, 0.15) is 5.82 Å². The predicted octanol–water partition coefficient (Wildman–Crippen LogP) is 3.79. The Bertz CT molecular complexity index is 760. The summed E-state index contributed by atoms with van der Waals surface area (Å²) in [5.41, 5.74) is 2.22. The molecule has 7 heteroatoms.